The number of fused-ring (bicyclic) bond motifs is 1. The maximum absolute atomic E-state index is 11.5. The van der Waals surface area contributed by atoms with Crippen molar-refractivity contribution in [2.24, 2.45) is 11.7 Å². The Morgan fingerprint density at radius 3 is 2.60 bits per heavy atom. The first-order valence-corrected chi connectivity index (χ1v) is 10.2. The smallest absolute Gasteiger partial charge is 0.229 e. The predicted molar refractivity (Wildman–Crippen MR) is 116 cm³/mol. The molecule has 0 aliphatic carbocycles. The number of halogens is 1. The van der Waals surface area contributed by atoms with E-state index in [9.17, 15) is 9.90 Å². The van der Waals surface area contributed by atoms with E-state index in [0.717, 1.165) is 16.9 Å². The van der Waals surface area contributed by atoms with Crippen LogP contribution < -0.4 is 15.5 Å². The molecular formula is C20H24ClN7O2. The molecular weight excluding hydrogens is 406 g/mol. The second-order valence-electron chi connectivity index (χ2n) is 7.43. The van der Waals surface area contributed by atoms with Gasteiger partial charge in [-0.1, -0.05) is 11.6 Å². The fourth-order valence-electron chi connectivity index (χ4n) is 3.69. The van der Waals surface area contributed by atoms with E-state index in [2.05, 4.69) is 10.00 Å². The molecule has 0 atom stereocenters. The largest absolute Gasteiger partial charge is 0.395 e. The quantitative estimate of drug-likeness (QED) is 0.611. The Morgan fingerprint density at radius 2 is 1.97 bits per heavy atom. The third-order valence-corrected chi connectivity index (χ3v) is 5.69. The van der Waals surface area contributed by atoms with Crippen molar-refractivity contribution >= 4 is 40.3 Å². The number of carbonyl (C=O) groups is 1. The van der Waals surface area contributed by atoms with Crippen LogP contribution in [0.25, 0.3) is 16.7 Å². The zero-order valence-corrected chi connectivity index (χ0v) is 17.5. The first-order chi connectivity index (χ1) is 14.5. The Morgan fingerprint density at radius 1 is 1.27 bits per heavy atom. The van der Waals surface area contributed by atoms with Gasteiger partial charge >= 0.3 is 0 Å². The van der Waals surface area contributed by atoms with Crippen LogP contribution in [0.3, 0.4) is 0 Å². The van der Waals surface area contributed by atoms with Crippen molar-refractivity contribution in [3.63, 3.8) is 0 Å². The van der Waals surface area contributed by atoms with E-state index >= 15 is 0 Å². The van der Waals surface area contributed by atoms with Gasteiger partial charge in [0, 0.05) is 37.6 Å². The van der Waals surface area contributed by atoms with E-state index in [4.69, 9.17) is 27.3 Å². The van der Waals surface area contributed by atoms with Crippen LogP contribution in [0.4, 0.5) is 11.8 Å². The molecule has 4 rings (SSSR count). The van der Waals surface area contributed by atoms with Crippen LogP contribution in [-0.4, -0.2) is 64.1 Å². The summed E-state index contributed by atoms with van der Waals surface area (Å²) in [6.45, 7) is 1.75. The van der Waals surface area contributed by atoms with Crippen molar-refractivity contribution in [3.05, 3.63) is 35.5 Å². The molecule has 30 heavy (non-hydrogen) atoms. The van der Waals surface area contributed by atoms with Crippen LogP contribution in [0.1, 0.15) is 12.8 Å². The summed E-state index contributed by atoms with van der Waals surface area (Å²) in [5.74, 6) is 0.913. The number of anilines is 2. The number of carbonyl (C=O) groups excluding carboxylic acids is 1. The molecule has 1 saturated heterocycles. The highest BCUT2D eigenvalue weighted by atomic mass is 35.5. The lowest BCUT2D eigenvalue weighted by molar-refractivity contribution is -0.122. The van der Waals surface area contributed by atoms with Crippen molar-refractivity contribution in [2.75, 3.05) is 43.1 Å². The second-order valence-corrected chi connectivity index (χ2v) is 7.86. The average molecular weight is 430 g/mol. The van der Waals surface area contributed by atoms with Crippen LogP contribution >= 0.6 is 11.6 Å². The number of aliphatic hydroxyl groups excluding tert-OH is 1. The van der Waals surface area contributed by atoms with Crippen molar-refractivity contribution < 1.29 is 9.90 Å². The number of hydrogen-bond acceptors (Lipinski definition) is 7. The van der Waals surface area contributed by atoms with E-state index in [1.54, 1.807) is 27.9 Å². The molecule has 1 amide bonds. The molecule has 0 radical (unpaired) electrons. The summed E-state index contributed by atoms with van der Waals surface area (Å²) < 4.78 is 1.75. The van der Waals surface area contributed by atoms with Gasteiger partial charge in [-0.25, -0.2) is 4.68 Å². The third-order valence-electron chi connectivity index (χ3n) is 5.44. The van der Waals surface area contributed by atoms with Gasteiger partial charge in [-0.3, -0.25) is 4.79 Å². The van der Waals surface area contributed by atoms with E-state index in [-0.39, 0.29) is 18.4 Å². The van der Waals surface area contributed by atoms with Gasteiger partial charge in [0.15, 0.2) is 5.65 Å². The van der Waals surface area contributed by atoms with Gasteiger partial charge in [-0.15, -0.1) is 0 Å². The number of amides is 1. The molecule has 0 spiro atoms. The molecule has 9 nitrogen and oxygen atoms in total. The van der Waals surface area contributed by atoms with Gasteiger partial charge in [0.25, 0.3) is 0 Å². The summed E-state index contributed by atoms with van der Waals surface area (Å²) in [5.41, 5.74) is 6.98. The Labute approximate surface area is 179 Å². The fraction of sp³-hybridized carbons (Fsp3) is 0.400. The number of benzene rings is 1. The van der Waals surface area contributed by atoms with Gasteiger partial charge in [0.2, 0.25) is 11.9 Å². The monoisotopic (exact) mass is 429 g/mol. The molecule has 3 heterocycles. The highest BCUT2D eigenvalue weighted by Gasteiger charge is 2.27. The average Bonchev–Trinajstić information content (AvgIpc) is 3.18. The van der Waals surface area contributed by atoms with Crippen molar-refractivity contribution in [1.29, 1.82) is 0 Å². The normalized spacial score (nSPS) is 15.0. The van der Waals surface area contributed by atoms with Crippen molar-refractivity contribution in [2.45, 2.75) is 12.8 Å². The SMILES string of the molecule is CN(CCO)c1nc(N2CCC(C(N)=O)CC2)c2cnn(-c3ccc(Cl)cc3)c2n1. The van der Waals surface area contributed by atoms with E-state index in [0.29, 0.717) is 49.1 Å². The summed E-state index contributed by atoms with van der Waals surface area (Å²) in [6, 6.07) is 7.37. The molecule has 0 bridgehead atoms. The summed E-state index contributed by atoms with van der Waals surface area (Å²) in [4.78, 5) is 25.0. The molecule has 2 aromatic heterocycles. The number of rotatable bonds is 6. The van der Waals surface area contributed by atoms with E-state index < -0.39 is 0 Å². The van der Waals surface area contributed by atoms with E-state index in [1.165, 1.54) is 0 Å². The number of hydrogen-bond donors (Lipinski definition) is 2. The molecule has 3 N–H and O–H groups in total. The lowest BCUT2D eigenvalue weighted by atomic mass is 9.96. The minimum absolute atomic E-state index is 0.00627. The molecule has 1 aliphatic rings. The van der Waals surface area contributed by atoms with Gasteiger partial charge in [0.05, 0.1) is 23.9 Å². The highest BCUT2D eigenvalue weighted by molar-refractivity contribution is 6.30. The lowest BCUT2D eigenvalue weighted by Crippen LogP contribution is -2.39. The highest BCUT2D eigenvalue weighted by Crippen LogP contribution is 2.31. The number of nitrogens with two attached hydrogens (primary N) is 1. The molecule has 0 unspecified atom stereocenters. The number of likely N-dealkylation sites (N-methyl/N-ethyl adjacent to an activating group) is 1. The first-order valence-electron chi connectivity index (χ1n) is 9.86. The van der Waals surface area contributed by atoms with Crippen LogP contribution in [-0.2, 0) is 4.79 Å². The maximum Gasteiger partial charge on any atom is 0.229 e. The Kier molecular flexibility index (Phi) is 5.74. The minimum atomic E-state index is -0.249. The predicted octanol–water partition coefficient (Wildman–Crippen LogP) is 1.60. The number of aromatic nitrogens is 4. The van der Waals surface area contributed by atoms with Gasteiger partial charge in [0.1, 0.15) is 5.82 Å². The standard InChI is InChI=1S/C20H24ClN7O2/c1-26(10-11-29)20-24-18(27-8-6-13(7-9-27)17(22)30)16-12-23-28(19(16)25-20)15-4-2-14(21)3-5-15/h2-5,12-13,29H,6-11H2,1H3,(H2,22,30). The fourth-order valence-corrected chi connectivity index (χ4v) is 3.82. The number of nitrogens with zero attached hydrogens (tertiary/aromatic N) is 6. The van der Waals surface area contributed by atoms with Gasteiger partial charge in [-0.2, -0.15) is 15.1 Å². The summed E-state index contributed by atoms with van der Waals surface area (Å²) >= 11 is 6.03. The summed E-state index contributed by atoms with van der Waals surface area (Å²) in [6.07, 6.45) is 3.14. The first kappa shape index (κ1) is 20.4. The molecule has 0 saturated carbocycles. The minimum Gasteiger partial charge on any atom is -0.395 e. The van der Waals surface area contributed by atoms with Gasteiger partial charge < -0.3 is 20.6 Å². The van der Waals surface area contributed by atoms with Crippen LogP contribution in [0, 0.1) is 5.92 Å². The Hall–Kier alpha value is -2.91. The van der Waals surface area contributed by atoms with Crippen LogP contribution in [0.5, 0.6) is 0 Å². The Balaban J connectivity index is 1.79. The molecule has 1 fully saturated rings. The number of piperidine rings is 1. The number of aliphatic hydroxyl groups is 1. The second kappa shape index (κ2) is 8.45. The maximum atomic E-state index is 11.5. The molecule has 1 aromatic carbocycles. The van der Waals surface area contributed by atoms with Crippen LogP contribution in [0.2, 0.25) is 5.02 Å². The lowest BCUT2D eigenvalue weighted by Gasteiger charge is -2.32. The Bertz CT molecular complexity index is 1050. The van der Waals surface area contributed by atoms with E-state index in [1.807, 2.05) is 19.2 Å². The summed E-state index contributed by atoms with van der Waals surface area (Å²) in [5, 5.41) is 15.4. The third kappa shape index (κ3) is 3.90. The van der Waals surface area contributed by atoms with Crippen LogP contribution in [0.15, 0.2) is 30.5 Å². The number of primary amides is 1. The van der Waals surface area contributed by atoms with Crippen molar-refractivity contribution in [1.82, 2.24) is 19.7 Å². The molecule has 3 aromatic rings. The molecule has 10 heteroatoms. The molecule has 1 aliphatic heterocycles. The van der Waals surface area contributed by atoms with Crippen molar-refractivity contribution in [3.8, 4) is 5.69 Å². The zero-order chi connectivity index (χ0) is 21.3. The topological polar surface area (TPSA) is 113 Å². The molecule has 158 valence electrons. The zero-order valence-electron chi connectivity index (χ0n) is 16.7. The van der Waals surface area contributed by atoms with Gasteiger partial charge in [-0.05, 0) is 37.1 Å². The summed E-state index contributed by atoms with van der Waals surface area (Å²) in [7, 11) is 1.84.